The van der Waals surface area contributed by atoms with Gasteiger partial charge in [0.2, 0.25) is 9.84 Å². The number of halogens is 2. The van der Waals surface area contributed by atoms with Gasteiger partial charge in [-0.1, -0.05) is 12.1 Å². The van der Waals surface area contributed by atoms with Crippen LogP contribution in [0.1, 0.15) is 6.42 Å². The molecule has 0 saturated carbocycles. The summed E-state index contributed by atoms with van der Waals surface area (Å²) in [4.78, 5) is -0.382. The molecule has 0 heterocycles. The Kier molecular flexibility index (Phi) is 4.83. The lowest BCUT2D eigenvalue weighted by Crippen LogP contribution is -2.15. The summed E-state index contributed by atoms with van der Waals surface area (Å²) in [6, 6.07) is 5.59. The van der Waals surface area contributed by atoms with Crippen LogP contribution in [0, 0.1) is 0 Å². The van der Waals surface area contributed by atoms with Gasteiger partial charge in [0.25, 0.3) is 0 Å². The highest BCUT2D eigenvalue weighted by molar-refractivity contribution is 7.91. The van der Waals surface area contributed by atoms with Crippen molar-refractivity contribution < 1.29 is 17.2 Å². The molecule has 0 aliphatic rings. The first kappa shape index (κ1) is 13.9. The highest BCUT2D eigenvalue weighted by Crippen LogP contribution is 2.25. The van der Waals surface area contributed by atoms with Crippen molar-refractivity contribution in [1.29, 1.82) is 0 Å². The van der Waals surface area contributed by atoms with Crippen LogP contribution in [-0.4, -0.2) is 27.3 Å². The minimum absolute atomic E-state index is 0.182. The first-order chi connectivity index (χ1) is 8.00. The van der Waals surface area contributed by atoms with E-state index in [0.717, 1.165) is 6.07 Å². The van der Waals surface area contributed by atoms with E-state index in [4.69, 9.17) is 5.73 Å². The number of nitrogens with two attached hydrogens (primary N) is 1. The molecule has 0 aromatic heterocycles. The van der Waals surface area contributed by atoms with E-state index in [2.05, 4.69) is 5.32 Å². The Labute approximate surface area is 98.7 Å². The van der Waals surface area contributed by atoms with Gasteiger partial charge in [-0.25, -0.2) is 8.42 Å². The second-order valence-corrected chi connectivity index (χ2v) is 5.26. The summed E-state index contributed by atoms with van der Waals surface area (Å²) in [6.07, 6.45) is 0.628. The van der Waals surface area contributed by atoms with Gasteiger partial charge in [0.05, 0.1) is 10.6 Å². The summed E-state index contributed by atoms with van der Waals surface area (Å²) in [7, 11) is -4.57. The average molecular weight is 264 g/mol. The van der Waals surface area contributed by atoms with Gasteiger partial charge in [-0.2, -0.15) is 8.78 Å². The fourth-order valence-electron chi connectivity index (χ4n) is 1.28. The second kappa shape index (κ2) is 5.92. The maximum Gasteiger partial charge on any atom is 0.341 e. The number of nitrogens with one attached hydrogen (secondary N) is 1. The molecule has 0 spiro atoms. The molecule has 4 nitrogen and oxygen atoms in total. The van der Waals surface area contributed by atoms with Crippen molar-refractivity contribution >= 4 is 15.5 Å². The van der Waals surface area contributed by atoms with Crippen molar-refractivity contribution in [3.8, 4) is 0 Å². The summed E-state index contributed by atoms with van der Waals surface area (Å²) in [5, 5.41) is 2.78. The molecule has 0 bridgehead atoms. The predicted molar refractivity (Wildman–Crippen MR) is 61.8 cm³/mol. The van der Waals surface area contributed by atoms with Crippen molar-refractivity contribution in [3.63, 3.8) is 0 Å². The topological polar surface area (TPSA) is 72.2 Å². The van der Waals surface area contributed by atoms with Gasteiger partial charge in [-0.15, -0.1) is 0 Å². The van der Waals surface area contributed by atoms with Crippen molar-refractivity contribution in [2.24, 2.45) is 5.73 Å². The molecule has 0 atom stereocenters. The van der Waals surface area contributed by atoms with E-state index in [-0.39, 0.29) is 10.6 Å². The predicted octanol–water partition coefficient (Wildman–Crippen LogP) is 1.44. The minimum atomic E-state index is -4.57. The maximum atomic E-state index is 12.4. The number of sulfone groups is 1. The largest absolute Gasteiger partial charge is 0.384 e. The van der Waals surface area contributed by atoms with E-state index in [1.807, 2.05) is 0 Å². The lowest BCUT2D eigenvalue weighted by molar-refractivity contribution is 0.235. The molecule has 0 saturated heterocycles. The van der Waals surface area contributed by atoms with Gasteiger partial charge < -0.3 is 11.1 Å². The van der Waals surface area contributed by atoms with E-state index in [1.165, 1.54) is 12.1 Å². The minimum Gasteiger partial charge on any atom is -0.384 e. The quantitative estimate of drug-likeness (QED) is 0.763. The Bertz CT molecular complexity index is 463. The first-order valence-electron chi connectivity index (χ1n) is 5.05. The van der Waals surface area contributed by atoms with Gasteiger partial charge in [0, 0.05) is 6.54 Å². The number of hydrogen-bond acceptors (Lipinski definition) is 4. The number of anilines is 1. The molecule has 0 fully saturated rings. The fourth-order valence-corrected chi connectivity index (χ4v) is 2.19. The fraction of sp³-hybridized carbons (Fsp3) is 0.400. The molecule has 17 heavy (non-hydrogen) atoms. The summed E-state index contributed by atoms with van der Waals surface area (Å²) in [5.41, 5.74) is 5.47. The highest BCUT2D eigenvalue weighted by Gasteiger charge is 2.28. The summed E-state index contributed by atoms with van der Waals surface area (Å²) in [6.45, 7) is 0.878. The third-order valence-electron chi connectivity index (χ3n) is 2.12. The molecule has 1 rings (SSSR count). The summed E-state index contributed by atoms with van der Waals surface area (Å²) >= 11 is 0. The van der Waals surface area contributed by atoms with Gasteiger partial charge in [-0.05, 0) is 25.1 Å². The molecule has 1 aromatic carbocycles. The van der Waals surface area contributed by atoms with Crippen molar-refractivity contribution in [3.05, 3.63) is 24.3 Å². The lowest BCUT2D eigenvalue weighted by atomic mass is 10.3. The third kappa shape index (κ3) is 3.37. The molecule has 0 aliphatic carbocycles. The Morgan fingerprint density at radius 2 is 1.94 bits per heavy atom. The van der Waals surface area contributed by atoms with E-state index < -0.39 is 15.6 Å². The Morgan fingerprint density at radius 3 is 2.53 bits per heavy atom. The Morgan fingerprint density at radius 1 is 1.29 bits per heavy atom. The van der Waals surface area contributed by atoms with Crippen LogP contribution in [0.25, 0.3) is 0 Å². The zero-order valence-electron chi connectivity index (χ0n) is 9.07. The third-order valence-corrected chi connectivity index (χ3v) is 3.56. The standard InChI is InChI=1S/C10H14F2N2O2S/c11-10(12)17(15,16)9-5-2-1-4-8(9)14-7-3-6-13/h1-2,4-5,10,14H,3,6-7,13H2. The van der Waals surface area contributed by atoms with Gasteiger partial charge in [-0.3, -0.25) is 0 Å². The number of benzene rings is 1. The molecule has 0 aliphatic heterocycles. The number of rotatable bonds is 6. The van der Waals surface area contributed by atoms with Crippen molar-refractivity contribution in [1.82, 2.24) is 0 Å². The van der Waals surface area contributed by atoms with E-state index in [9.17, 15) is 17.2 Å². The van der Waals surface area contributed by atoms with Gasteiger partial charge in [0.15, 0.2) is 0 Å². The molecule has 96 valence electrons. The zero-order chi connectivity index (χ0) is 12.9. The zero-order valence-corrected chi connectivity index (χ0v) is 9.88. The van der Waals surface area contributed by atoms with Crippen LogP contribution in [0.3, 0.4) is 0 Å². The van der Waals surface area contributed by atoms with E-state index >= 15 is 0 Å². The SMILES string of the molecule is NCCCNc1ccccc1S(=O)(=O)C(F)F. The van der Waals surface area contributed by atoms with Crippen LogP contribution in [0.15, 0.2) is 29.2 Å². The summed E-state index contributed by atoms with van der Waals surface area (Å²) < 4.78 is 47.6. The van der Waals surface area contributed by atoms with Crippen molar-refractivity contribution in [2.75, 3.05) is 18.4 Å². The molecule has 7 heteroatoms. The summed E-state index contributed by atoms with van der Waals surface area (Å²) in [5.74, 6) is -3.42. The molecule has 1 aromatic rings. The van der Waals surface area contributed by atoms with Crippen LogP contribution < -0.4 is 11.1 Å². The van der Waals surface area contributed by atoms with Gasteiger partial charge in [0.1, 0.15) is 0 Å². The lowest BCUT2D eigenvalue weighted by Gasteiger charge is -2.11. The number of alkyl halides is 2. The number of para-hydroxylation sites is 1. The highest BCUT2D eigenvalue weighted by atomic mass is 32.2. The Balaban J connectivity index is 3.00. The molecule has 0 amide bonds. The smallest absolute Gasteiger partial charge is 0.341 e. The molecular formula is C10H14F2N2O2S. The molecule has 0 unspecified atom stereocenters. The number of hydrogen-bond donors (Lipinski definition) is 2. The van der Waals surface area contributed by atoms with E-state index in [0.29, 0.717) is 19.5 Å². The monoisotopic (exact) mass is 264 g/mol. The average Bonchev–Trinajstić information content (AvgIpc) is 2.29. The Hall–Kier alpha value is -1.21. The van der Waals surface area contributed by atoms with Crippen LogP contribution in [-0.2, 0) is 9.84 Å². The van der Waals surface area contributed by atoms with Crippen LogP contribution in [0.4, 0.5) is 14.5 Å². The van der Waals surface area contributed by atoms with Gasteiger partial charge >= 0.3 is 5.76 Å². The molecule has 3 N–H and O–H groups in total. The van der Waals surface area contributed by atoms with Crippen LogP contribution in [0.5, 0.6) is 0 Å². The second-order valence-electron chi connectivity index (χ2n) is 3.37. The van der Waals surface area contributed by atoms with Crippen LogP contribution >= 0.6 is 0 Å². The maximum absolute atomic E-state index is 12.4. The van der Waals surface area contributed by atoms with E-state index in [1.54, 1.807) is 6.07 Å². The van der Waals surface area contributed by atoms with Crippen LogP contribution in [0.2, 0.25) is 0 Å². The molecular weight excluding hydrogens is 250 g/mol. The normalized spacial score (nSPS) is 11.8. The molecule has 0 radical (unpaired) electrons. The first-order valence-corrected chi connectivity index (χ1v) is 6.60. The van der Waals surface area contributed by atoms with Crippen molar-refractivity contribution in [2.45, 2.75) is 17.1 Å².